The van der Waals surface area contributed by atoms with Gasteiger partial charge in [0.1, 0.15) is 5.75 Å². The predicted molar refractivity (Wildman–Crippen MR) is 88.3 cm³/mol. The fraction of sp³-hybridized carbons (Fsp3) is 0.278. The number of hydrogen-bond donors (Lipinski definition) is 1. The lowest BCUT2D eigenvalue weighted by molar-refractivity contribution is -0.131. The number of pyridine rings is 1. The van der Waals surface area contributed by atoms with Gasteiger partial charge in [-0.1, -0.05) is 24.3 Å². The van der Waals surface area contributed by atoms with Crippen LogP contribution in [-0.4, -0.2) is 28.4 Å². The number of urea groups is 1. The van der Waals surface area contributed by atoms with Crippen LogP contribution >= 0.6 is 0 Å². The highest BCUT2D eigenvalue weighted by atomic mass is 16.5. The van der Waals surface area contributed by atoms with Gasteiger partial charge in [-0.15, -0.1) is 0 Å². The summed E-state index contributed by atoms with van der Waals surface area (Å²) in [5.74, 6) is 0.351. The fourth-order valence-electron chi connectivity index (χ4n) is 2.77. The van der Waals surface area contributed by atoms with Gasteiger partial charge in [0.25, 0.3) is 5.91 Å². The number of amides is 3. The Labute approximate surface area is 140 Å². The van der Waals surface area contributed by atoms with E-state index in [0.717, 1.165) is 5.56 Å². The Hall–Kier alpha value is -2.89. The molecular formula is C18H19N3O3. The normalized spacial score (nSPS) is 20.2. The summed E-state index contributed by atoms with van der Waals surface area (Å²) < 4.78 is 5.57. The molecule has 24 heavy (non-hydrogen) atoms. The lowest BCUT2D eigenvalue weighted by Gasteiger charge is -2.21. The van der Waals surface area contributed by atoms with Crippen LogP contribution in [0.25, 0.3) is 0 Å². The van der Waals surface area contributed by atoms with E-state index in [9.17, 15) is 9.59 Å². The third kappa shape index (κ3) is 2.71. The molecule has 1 atom stereocenters. The van der Waals surface area contributed by atoms with E-state index >= 15 is 0 Å². The van der Waals surface area contributed by atoms with E-state index in [1.807, 2.05) is 31.2 Å². The zero-order chi connectivity index (χ0) is 17.2. The molecule has 124 valence electrons. The summed E-state index contributed by atoms with van der Waals surface area (Å²) >= 11 is 0. The van der Waals surface area contributed by atoms with Crippen LogP contribution < -0.4 is 10.1 Å². The molecule has 0 saturated carbocycles. The molecule has 1 aliphatic rings. The van der Waals surface area contributed by atoms with Crippen LogP contribution in [0.1, 0.15) is 25.1 Å². The van der Waals surface area contributed by atoms with E-state index in [-0.39, 0.29) is 12.5 Å². The molecule has 0 aliphatic carbocycles. The Balaban J connectivity index is 1.88. The van der Waals surface area contributed by atoms with Gasteiger partial charge < -0.3 is 10.1 Å². The summed E-state index contributed by atoms with van der Waals surface area (Å²) in [6, 6.07) is 12.3. The van der Waals surface area contributed by atoms with Crippen molar-refractivity contribution in [2.24, 2.45) is 0 Å². The highest BCUT2D eigenvalue weighted by Crippen LogP contribution is 2.30. The van der Waals surface area contributed by atoms with Crippen LogP contribution in [0.4, 0.5) is 4.79 Å². The van der Waals surface area contributed by atoms with Crippen LogP contribution in [0.15, 0.2) is 48.7 Å². The van der Waals surface area contributed by atoms with Crippen molar-refractivity contribution < 1.29 is 14.3 Å². The number of benzene rings is 1. The highest BCUT2D eigenvalue weighted by Gasteiger charge is 2.49. The van der Waals surface area contributed by atoms with E-state index in [0.29, 0.717) is 18.1 Å². The maximum Gasteiger partial charge on any atom is 0.325 e. The third-order valence-corrected chi connectivity index (χ3v) is 4.05. The smallest absolute Gasteiger partial charge is 0.325 e. The highest BCUT2D eigenvalue weighted by molar-refractivity contribution is 6.06. The van der Waals surface area contributed by atoms with E-state index < -0.39 is 11.6 Å². The number of ether oxygens (including phenoxy) is 1. The maximum atomic E-state index is 12.9. The SMILES string of the molecule is CCOc1ccccc1CN1C(=O)NC(C)(c2ccccn2)C1=O. The van der Waals surface area contributed by atoms with Crippen molar-refractivity contribution in [1.29, 1.82) is 0 Å². The molecule has 1 aromatic carbocycles. The minimum absolute atomic E-state index is 0.156. The predicted octanol–water partition coefficient (Wildman–Crippen LogP) is 2.45. The van der Waals surface area contributed by atoms with Crippen LogP contribution in [-0.2, 0) is 16.9 Å². The monoisotopic (exact) mass is 325 g/mol. The molecule has 1 saturated heterocycles. The largest absolute Gasteiger partial charge is 0.494 e. The zero-order valence-corrected chi connectivity index (χ0v) is 13.7. The van der Waals surface area contributed by atoms with Crippen molar-refractivity contribution in [1.82, 2.24) is 15.2 Å². The topological polar surface area (TPSA) is 71.5 Å². The maximum absolute atomic E-state index is 12.9. The second-order valence-corrected chi connectivity index (χ2v) is 5.70. The van der Waals surface area contributed by atoms with Gasteiger partial charge in [0.2, 0.25) is 0 Å². The Morgan fingerprint density at radius 1 is 1.17 bits per heavy atom. The van der Waals surface area contributed by atoms with Crippen LogP contribution in [0.5, 0.6) is 5.75 Å². The van der Waals surface area contributed by atoms with E-state index in [1.165, 1.54) is 4.90 Å². The van der Waals surface area contributed by atoms with Crippen molar-refractivity contribution >= 4 is 11.9 Å². The van der Waals surface area contributed by atoms with Crippen LogP contribution in [0.2, 0.25) is 0 Å². The molecule has 6 heteroatoms. The molecule has 1 unspecified atom stereocenters. The first-order valence-electron chi connectivity index (χ1n) is 7.82. The minimum Gasteiger partial charge on any atom is -0.494 e. The molecule has 2 heterocycles. The first-order chi connectivity index (χ1) is 11.6. The van der Waals surface area contributed by atoms with Gasteiger partial charge in [-0.3, -0.25) is 14.7 Å². The van der Waals surface area contributed by atoms with Crippen molar-refractivity contribution in [2.45, 2.75) is 25.9 Å². The Bertz CT molecular complexity index is 763. The van der Waals surface area contributed by atoms with Gasteiger partial charge in [0, 0.05) is 11.8 Å². The van der Waals surface area contributed by atoms with Crippen LogP contribution in [0.3, 0.4) is 0 Å². The lowest BCUT2D eigenvalue weighted by Crippen LogP contribution is -2.41. The summed E-state index contributed by atoms with van der Waals surface area (Å²) in [5.41, 5.74) is 0.149. The summed E-state index contributed by atoms with van der Waals surface area (Å²) in [6.45, 7) is 4.23. The molecule has 1 aromatic heterocycles. The number of nitrogens with one attached hydrogen (secondary N) is 1. The van der Waals surface area contributed by atoms with Crippen molar-refractivity contribution in [3.8, 4) is 5.75 Å². The Morgan fingerprint density at radius 3 is 2.62 bits per heavy atom. The van der Waals surface area contributed by atoms with Crippen LogP contribution in [0, 0.1) is 0 Å². The van der Waals surface area contributed by atoms with E-state index in [4.69, 9.17) is 4.74 Å². The summed E-state index contributed by atoms with van der Waals surface area (Å²) in [7, 11) is 0. The minimum atomic E-state index is -1.15. The van der Waals surface area contributed by atoms with Gasteiger partial charge in [0.05, 0.1) is 18.8 Å². The molecule has 2 aromatic rings. The molecule has 1 aliphatic heterocycles. The number of rotatable bonds is 5. The molecule has 0 bridgehead atoms. The molecule has 0 radical (unpaired) electrons. The molecule has 3 amide bonds. The van der Waals surface area contributed by atoms with E-state index in [1.54, 1.807) is 31.3 Å². The number of nitrogens with zero attached hydrogens (tertiary/aromatic N) is 2. The molecule has 1 N–H and O–H groups in total. The second-order valence-electron chi connectivity index (χ2n) is 5.70. The standard InChI is InChI=1S/C18H19N3O3/c1-3-24-14-9-5-4-8-13(14)12-21-16(22)18(2,20-17(21)23)15-10-6-7-11-19-15/h4-11H,3,12H2,1-2H3,(H,20,23). The zero-order valence-electron chi connectivity index (χ0n) is 13.7. The molecule has 3 rings (SSSR count). The Kier molecular flexibility index (Phi) is 4.20. The van der Waals surface area contributed by atoms with Gasteiger partial charge in [-0.05, 0) is 32.0 Å². The second kappa shape index (κ2) is 6.31. The Morgan fingerprint density at radius 2 is 1.92 bits per heavy atom. The molecule has 0 spiro atoms. The fourth-order valence-corrected chi connectivity index (χ4v) is 2.77. The van der Waals surface area contributed by atoms with Gasteiger partial charge in [-0.25, -0.2) is 4.79 Å². The van der Waals surface area contributed by atoms with Crippen molar-refractivity contribution in [3.05, 3.63) is 59.9 Å². The first kappa shape index (κ1) is 16.0. The number of para-hydroxylation sites is 1. The number of carbonyl (C=O) groups excluding carboxylic acids is 2. The molecular weight excluding hydrogens is 306 g/mol. The number of aromatic nitrogens is 1. The van der Waals surface area contributed by atoms with Crippen molar-refractivity contribution in [2.75, 3.05) is 6.61 Å². The number of hydrogen-bond acceptors (Lipinski definition) is 4. The summed E-state index contributed by atoms with van der Waals surface area (Å²) in [6.07, 6.45) is 1.60. The molecule has 1 fully saturated rings. The summed E-state index contributed by atoms with van der Waals surface area (Å²) in [4.78, 5) is 30.7. The average molecular weight is 325 g/mol. The van der Waals surface area contributed by atoms with E-state index in [2.05, 4.69) is 10.3 Å². The molecule has 6 nitrogen and oxygen atoms in total. The van der Waals surface area contributed by atoms with Crippen molar-refractivity contribution in [3.63, 3.8) is 0 Å². The van der Waals surface area contributed by atoms with Gasteiger partial charge in [-0.2, -0.15) is 0 Å². The number of imide groups is 1. The quantitative estimate of drug-likeness (QED) is 0.857. The lowest BCUT2D eigenvalue weighted by atomic mass is 9.97. The first-order valence-corrected chi connectivity index (χ1v) is 7.82. The van der Waals surface area contributed by atoms with Gasteiger partial charge in [0.15, 0.2) is 5.54 Å². The van der Waals surface area contributed by atoms with Gasteiger partial charge >= 0.3 is 6.03 Å². The summed E-state index contributed by atoms with van der Waals surface area (Å²) in [5, 5.41) is 2.75. The number of carbonyl (C=O) groups is 2. The average Bonchev–Trinajstić information content (AvgIpc) is 2.82. The third-order valence-electron chi connectivity index (χ3n) is 4.05.